The summed E-state index contributed by atoms with van der Waals surface area (Å²) in [5.41, 5.74) is 4.24. The Labute approximate surface area is 199 Å². The molecule has 0 aliphatic carbocycles. The first-order chi connectivity index (χ1) is 16.3. The predicted molar refractivity (Wildman–Crippen MR) is 134 cm³/mol. The molecule has 174 valence electrons. The molecule has 2 aliphatic rings. The molecule has 0 fully saturated rings. The van der Waals surface area contributed by atoms with Crippen LogP contribution in [0.15, 0.2) is 66.7 Å². The van der Waals surface area contributed by atoms with Crippen molar-refractivity contribution in [2.24, 2.45) is 0 Å². The molecule has 0 radical (unpaired) electrons. The third-order valence-electron chi connectivity index (χ3n) is 5.66. The zero-order valence-corrected chi connectivity index (χ0v) is 19.8. The number of aromatic hydroxyl groups is 1. The van der Waals surface area contributed by atoms with E-state index in [-0.39, 0.29) is 5.75 Å². The van der Waals surface area contributed by atoms with Crippen molar-refractivity contribution in [1.82, 2.24) is 0 Å². The van der Waals surface area contributed by atoms with Crippen molar-refractivity contribution in [3.05, 3.63) is 94.6 Å². The summed E-state index contributed by atoms with van der Waals surface area (Å²) in [7, 11) is 1.34. The number of aryl methyl sites for hydroxylation is 1. The number of phenolic OH excluding ortho intramolecular Hbond substituents is 1. The Kier molecular flexibility index (Phi) is 6.46. The van der Waals surface area contributed by atoms with Crippen LogP contribution in [0, 0.1) is 6.92 Å². The number of benzene rings is 3. The highest BCUT2D eigenvalue weighted by Gasteiger charge is 2.24. The molecule has 5 heteroatoms. The number of carbonyl (C=O) groups is 1. The van der Waals surface area contributed by atoms with Crippen LogP contribution in [-0.4, -0.2) is 23.8 Å². The molecule has 0 aromatic heterocycles. The number of methoxy groups -OCH3 is 1. The smallest absolute Gasteiger partial charge is 0.338 e. The highest BCUT2D eigenvalue weighted by atomic mass is 16.5. The number of carbonyl (C=O) groups excluding carboxylic acids is 1. The molecule has 34 heavy (non-hydrogen) atoms. The maximum Gasteiger partial charge on any atom is 0.338 e. The highest BCUT2D eigenvalue weighted by molar-refractivity contribution is 6.21. The van der Waals surface area contributed by atoms with Gasteiger partial charge in [-0.1, -0.05) is 48.0 Å². The Bertz CT molecular complexity index is 1240. The number of ether oxygens (including phenoxy) is 3. The summed E-state index contributed by atoms with van der Waals surface area (Å²) in [5.74, 6) is 1.27. The molecular weight excluding hydrogens is 428 g/mol. The summed E-state index contributed by atoms with van der Waals surface area (Å²) in [6, 6.07) is 19.2. The largest absolute Gasteiger partial charge is 0.507 e. The van der Waals surface area contributed by atoms with Crippen LogP contribution >= 0.6 is 0 Å². The summed E-state index contributed by atoms with van der Waals surface area (Å²) in [6.45, 7) is 6.68. The molecule has 0 amide bonds. The zero-order valence-electron chi connectivity index (χ0n) is 19.8. The summed E-state index contributed by atoms with van der Waals surface area (Å²) >= 11 is 0. The lowest BCUT2D eigenvalue weighted by Gasteiger charge is -2.28. The van der Waals surface area contributed by atoms with E-state index in [1.807, 2.05) is 75.4 Å². The quantitative estimate of drug-likeness (QED) is 0.290. The molecule has 0 spiro atoms. The molecule has 0 atom stereocenters. The zero-order chi connectivity index (χ0) is 24.3. The molecule has 2 heterocycles. The van der Waals surface area contributed by atoms with Gasteiger partial charge < -0.3 is 19.3 Å². The summed E-state index contributed by atoms with van der Waals surface area (Å²) in [4.78, 5) is 12.3. The van der Waals surface area contributed by atoms with E-state index in [0.29, 0.717) is 22.4 Å². The molecule has 0 saturated heterocycles. The maximum atomic E-state index is 12.3. The topological polar surface area (TPSA) is 65.0 Å². The molecule has 0 bridgehead atoms. The first kappa shape index (κ1) is 23.2. The van der Waals surface area contributed by atoms with Crippen LogP contribution < -0.4 is 9.47 Å². The molecule has 3 aromatic rings. The third-order valence-corrected chi connectivity index (χ3v) is 5.66. The van der Waals surface area contributed by atoms with E-state index in [9.17, 15) is 9.90 Å². The second-order valence-corrected chi connectivity index (χ2v) is 8.77. The average Bonchev–Trinajstić information content (AvgIpc) is 2.80. The second-order valence-electron chi connectivity index (χ2n) is 8.77. The third kappa shape index (κ3) is 4.99. The van der Waals surface area contributed by atoms with Gasteiger partial charge in [0.1, 0.15) is 29.5 Å². The van der Waals surface area contributed by atoms with E-state index < -0.39 is 11.6 Å². The summed E-state index contributed by atoms with van der Waals surface area (Å²) in [6.07, 6.45) is 5.37. The number of hydrogen-bond acceptors (Lipinski definition) is 5. The van der Waals surface area contributed by atoms with Gasteiger partial charge in [0, 0.05) is 11.1 Å². The van der Waals surface area contributed by atoms with E-state index in [1.165, 1.54) is 12.7 Å². The van der Waals surface area contributed by atoms with Crippen LogP contribution in [0.2, 0.25) is 0 Å². The fraction of sp³-hybridized carbons (Fsp3) is 0.207. The fourth-order valence-electron chi connectivity index (χ4n) is 3.67. The lowest BCUT2D eigenvalue weighted by Crippen LogP contribution is -2.27. The summed E-state index contributed by atoms with van der Waals surface area (Å²) < 4.78 is 15.9. The number of para-hydroxylation sites is 1. The van der Waals surface area contributed by atoms with Gasteiger partial charge in [-0.2, -0.15) is 0 Å². The van der Waals surface area contributed by atoms with E-state index >= 15 is 0 Å². The van der Waals surface area contributed by atoms with E-state index in [0.717, 1.165) is 23.5 Å². The number of rotatable bonds is 3. The van der Waals surface area contributed by atoms with Crippen LogP contribution in [0.4, 0.5) is 0 Å². The molecule has 1 N–H and O–H groups in total. The Morgan fingerprint density at radius 1 is 1.03 bits per heavy atom. The minimum atomic E-state index is -0.459. The van der Waals surface area contributed by atoms with Gasteiger partial charge in [-0.25, -0.2) is 4.79 Å². The van der Waals surface area contributed by atoms with Gasteiger partial charge in [0.2, 0.25) is 0 Å². The Balaban J connectivity index is 0.000000285. The molecule has 2 aliphatic heterocycles. The molecule has 5 rings (SSSR count). The minimum absolute atomic E-state index is 0.0720. The number of phenols is 1. The lowest BCUT2D eigenvalue weighted by molar-refractivity contribution is -0.133. The first-order valence-electron chi connectivity index (χ1n) is 11.1. The van der Waals surface area contributed by atoms with Gasteiger partial charge in [0.05, 0.1) is 18.2 Å². The molecule has 5 nitrogen and oxygen atoms in total. The molecule has 0 unspecified atom stereocenters. The Hall–Kier alpha value is -3.99. The number of esters is 1. The van der Waals surface area contributed by atoms with Gasteiger partial charge in [0.25, 0.3) is 0 Å². The second kappa shape index (κ2) is 9.48. The summed E-state index contributed by atoms with van der Waals surface area (Å²) in [5, 5.41) is 10.7. The van der Waals surface area contributed by atoms with Crippen molar-refractivity contribution >= 4 is 23.7 Å². The van der Waals surface area contributed by atoms with Gasteiger partial charge in [-0.3, -0.25) is 0 Å². The van der Waals surface area contributed by atoms with Crippen LogP contribution in [0.3, 0.4) is 0 Å². The first-order valence-corrected chi connectivity index (χ1v) is 11.1. The molecule has 0 saturated carbocycles. The van der Waals surface area contributed by atoms with Crippen molar-refractivity contribution in [2.75, 3.05) is 7.11 Å². The highest BCUT2D eigenvalue weighted by Crippen LogP contribution is 2.39. The minimum Gasteiger partial charge on any atom is -0.507 e. The van der Waals surface area contributed by atoms with Gasteiger partial charge in [0.15, 0.2) is 0 Å². The van der Waals surface area contributed by atoms with Crippen LogP contribution in [0.5, 0.6) is 17.2 Å². The Morgan fingerprint density at radius 3 is 2.35 bits per heavy atom. The van der Waals surface area contributed by atoms with Crippen molar-refractivity contribution < 1.29 is 24.1 Å². The number of hydrogen-bond donors (Lipinski definition) is 1. The van der Waals surface area contributed by atoms with E-state index in [2.05, 4.69) is 6.07 Å². The van der Waals surface area contributed by atoms with Crippen molar-refractivity contribution in [3.63, 3.8) is 0 Å². The van der Waals surface area contributed by atoms with Crippen molar-refractivity contribution in [2.45, 2.75) is 33.0 Å². The van der Waals surface area contributed by atoms with Crippen LogP contribution in [0.25, 0.3) is 17.7 Å². The lowest BCUT2D eigenvalue weighted by atomic mass is 9.97. The normalized spacial score (nSPS) is 14.8. The number of fused-ring (bicyclic) bond motifs is 2. The SMILES string of the molecule is COC(=O)C(=Cc1ccc2c(c1O)C=CC(C)(C)O2)c1ccc(C)cc1.c1ccc2c(c1)CO2. The molecular formula is C29H28O5. The standard InChI is InChI=1S/C22H22O4.C7H6O/c1-14-5-7-15(8-6-14)18(21(24)25-4)13-16-9-10-19-17(20(16)23)11-12-22(2,3)26-19;1-2-4-7-6(3-1)5-8-7/h5-13,23H,1-4H3;1-4H,5H2. The maximum absolute atomic E-state index is 12.3. The van der Waals surface area contributed by atoms with Crippen molar-refractivity contribution in [3.8, 4) is 17.2 Å². The van der Waals surface area contributed by atoms with Gasteiger partial charge >= 0.3 is 5.97 Å². The molecule has 3 aromatic carbocycles. The predicted octanol–water partition coefficient (Wildman–Crippen LogP) is 6.18. The van der Waals surface area contributed by atoms with Crippen LogP contribution in [0.1, 0.15) is 41.7 Å². The van der Waals surface area contributed by atoms with Gasteiger partial charge in [-0.15, -0.1) is 0 Å². The Morgan fingerprint density at radius 2 is 1.76 bits per heavy atom. The fourth-order valence-corrected chi connectivity index (χ4v) is 3.67. The van der Waals surface area contributed by atoms with E-state index in [4.69, 9.17) is 14.2 Å². The van der Waals surface area contributed by atoms with Crippen LogP contribution in [-0.2, 0) is 16.1 Å². The average molecular weight is 457 g/mol. The van der Waals surface area contributed by atoms with Gasteiger partial charge in [-0.05, 0) is 62.8 Å². The van der Waals surface area contributed by atoms with E-state index in [1.54, 1.807) is 18.2 Å². The van der Waals surface area contributed by atoms with Crippen molar-refractivity contribution in [1.29, 1.82) is 0 Å². The monoisotopic (exact) mass is 456 g/mol.